The second-order valence-electron chi connectivity index (χ2n) is 10.0. The highest BCUT2D eigenvalue weighted by Gasteiger charge is 2.39. The van der Waals surface area contributed by atoms with Gasteiger partial charge >= 0.3 is 0 Å². The number of imidazole rings is 1. The highest BCUT2D eigenvalue weighted by atomic mass is 35.5. The molecule has 1 unspecified atom stereocenters. The van der Waals surface area contributed by atoms with Crippen LogP contribution in [-0.2, 0) is 19.2 Å². The van der Waals surface area contributed by atoms with Gasteiger partial charge in [-0.05, 0) is 43.5 Å². The van der Waals surface area contributed by atoms with Gasteiger partial charge in [0, 0.05) is 57.1 Å². The number of hydrogen-bond acceptors (Lipinski definition) is 9. The zero-order valence-corrected chi connectivity index (χ0v) is 23.9. The number of halogens is 1. The molecular formula is C28H34ClN9O2. The number of nitrogens with zero attached hydrogens (tertiary/aromatic N) is 7. The summed E-state index contributed by atoms with van der Waals surface area (Å²) in [4.78, 5) is 11.5. The minimum Gasteiger partial charge on any atom is -0.481 e. The lowest BCUT2D eigenvalue weighted by Crippen LogP contribution is -2.37. The first kappa shape index (κ1) is 27.8. The number of ether oxygens (including phenoxy) is 1. The monoisotopic (exact) mass is 563 g/mol. The molecule has 1 aliphatic heterocycles. The molecule has 210 valence electrons. The minimum absolute atomic E-state index is 0.322. The maximum Gasteiger partial charge on any atom is 0.219 e. The van der Waals surface area contributed by atoms with Crippen LogP contribution < -0.4 is 10.1 Å². The third-order valence-electron chi connectivity index (χ3n) is 7.87. The fraction of sp³-hybridized carbons (Fsp3) is 0.393. The van der Waals surface area contributed by atoms with E-state index in [-0.39, 0.29) is 0 Å². The van der Waals surface area contributed by atoms with Gasteiger partial charge in [0.05, 0.1) is 47.5 Å². The summed E-state index contributed by atoms with van der Waals surface area (Å²) in [7, 11) is 5.12. The molecule has 0 radical (unpaired) electrons. The predicted octanol–water partition coefficient (Wildman–Crippen LogP) is 4.30. The van der Waals surface area contributed by atoms with Gasteiger partial charge in [-0.15, -0.1) is 0 Å². The lowest BCUT2D eigenvalue weighted by molar-refractivity contribution is 0.105. The van der Waals surface area contributed by atoms with E-state index in [1.165, 1.54) is 6.20 Å². The first-order valence-corrected chi connectivity index (χ1v) is 13.5. The molecule has 5 rings (SSSR count). The molecule has 40 heavy (non-hydrogen) atoms. The van der Waals surface area contributed by atoms with E-state index in [2.05, 4.69) is 25.4 Å². The quantitative estimate of drug-likeness (QED) is 0.259. The van der Waals surface area contributed by atoms with Crippen molar-refractivity contribution in [1.82, 2.24) is 34.5 Å². The van der Waals surface area contributed by atoms with E-state index in [0.29, 0.717) is 51.3 Å². The van der Waals surface area contributed by atoms with Crippen LogP contribution in [0, 0.1) is 12.5 Å². The molecule has 3 aromatic heterocycles. The molecule has 1 fully saturated rings. The molecule has 11 nitrogen and oxygen atoms in total. The van der Waals surface area contributed by atoms with Crippen LogP contribution in [0.5, 0.6) is 5.88 Å². The number of fused-ring (bicyclic) bond motifs is 1. The Morgan fingerprint density at radius 3 is 2.73 bits per heavy atom. The van der Waals surface area contributed by atoms with Crippen molar-refractivity contribution >= 4 is 22.5 Å². The average Bonchev–Trinajstić information content (AvgIpc) is 3.63. The third kappa shape index (κ3) is 4.85. The molecule has 4 aromatic rings. The molecule has 0 bridgehead atoms. The number of likely N-dealkylation sites (tertiary alicyclic amines) is 1. The summed E-state index contributed by atoms with van der Waals surface area (Å²) in [5.41, 5.74) is 8.58. The third-order valence-corrected chi connectivity index (χ3v) is 8.30. The fourth-order valence-electron chi connectivity index (χ4n) is 5.52. The second-order valence-corrected chi connectivity index (χ2v) is 10.4. The van der Waals surface area contributed by atoms with Crippen LogP contribution in [0.2, 0.25) is 5.02 Å². The second kappa shape index (κ2) is 11.4. The number of methoxy groups -OCH3 is 1. The standard InChI is InChI=1S/C28H34ClN9O2/c1-18-32-16-25(36(18)3)28(39,24(31-2)15-33-30)19-6-7-23-21(14-19)26(29)22(27(35-23)40-4)17-37-12-8-20(9-13-37)38-11-5-10-34-38/h5-7,10-11,14-16,20,30-31,39H,8-9,12-13,17H2,1-4H3/b24-15-,33-30?. The highest BCUT2D eigenvalue weighted by Crippen LogP contribution is 2.40. The van der Waals surface area contributed by atoms with Crippen molar-refractivity contribution in [2.45, 2.75) is 38.0 Å². The van der Waals surface area contributed by atoms with Gasteiger partial charge in [0.2, 0.25) is 5.88 Å². The number of pyridine rings is 1. The number of aromatic nitrogens is 5. The topological polar surface area (TPSA) is 129 Å². The van der Waals surface area contributed by atoms with Gasteiger partial charge in [-0.2, -0.15) is 10.2 Å². The van der Waals surface area contributed by atoms with Crippen molar-refractivity contribution in [1.29, 1.82) is 5.53 Å². The first-order chi connectivity index (χ1) is 19.3. The number of aliphatic hydroxyl groups is 1. The van der Waals surface area contributed by atoms with Crippen molar-refractivity contribution < 1.29 is 9.84 Å². The van der Waals surface area contributed by atoms with Crippen molar-refractivity contribution in [3.8, 4) is 5.88 Å². The maximum atomic E-state index is 12.3. The predicted molar refractivity (Wildman–Crippen MR) is 152 cm³/mol. The molecule has 3 N–H and O–H groups in total. The Morgan fingerprint density at radius 2 is 2.12 bits per heavy atom. The molecule has 12 heteroatoms. The van der Waals surface area contributed by atoms with Crippen LogP contribution in [0.3, 0.4) is 0 Å². The van der Waals surface area contributed by atoms with Crippen molar-refractivity contribution in [2.75, 3.05) is 27.2 Å². The van der Waals surface area contributed by atoms with Gasteiger partial charge in [-0.25, -0.2) is 15.5 Å². The fourth-order valence-corrected chi connectivity index (χ4v) is 5.81. The van der Waals surface area contributed by atoms with Gasteiger partial charge < -0.3 is 19.7 Å². The Morgan fingerprint density at radius 1 is 1.35 bits per heavy atom. The van der Waals surface area contributed by atoms with E-state index in [1.807, 2.05) is 53.8 Å². The molecule has 1 aliphatic rings. The average molecular weight is 564 g/mol. The minimum atomic E-state index is -1.68. The van der Waals surface area contributed by atoms with Crippen molar-refractivity contribution in [3.63, 3.8) is 0 Å². The van der Waals surface area contributed by atoms with Gasteiger partial charge in [-0.1, -0.05) is 17.7 Å². The number of benzene rings is 1. The number of rotatable bonds is 9. The smallest absolute Gasteiger partial charge is 0.219 e. The summed E-state index contributed by atoms with van der Waals surface area (Å²) in [6.45, 7) is 4.24. The van der Waals surface area contributed by atoms with Gasteiger partial charge in [0.15, 0.2) is 5.60 Å². The summed E-state index contributed by atoms with van der Waals surface area (Å²) in [6, 6.07) is 7.80. The molecule has 1 atom stereocenters. The van der Waals surface area contributed by atoms with Gasteiger partial charge in [-0.3, -0.25) is 9.58 Å². The van der Waals surface area contributed by atoms with Crippen molar-refractivity contribution in [3.05, 3.63) is 82.4 Å². The summed E-state index contributed by atoms with van der Waals surface area (Å²) in [5, 5.41) is 24.4. The lowest BCUT2D eigenvalue weighted by atomic mass is 9.86. The Hall–Kier alpha value is -3.80. The Bertz CT molecular complexity index is 1540. The summed E-state index contributed by atoms with van der Waals surface area (Å²) < 4.78 is 9.53. The molecular weight excluding hydrogens is 530 g/mol. The molecule has 1 saturated heterocycles. The van der Waals surface area contributed by atoms with Gasteiger partial charge in [0.1, 0.15) is 5.82 Å². The Kier molecular flexibility index (Phi) is 7.88. The molecule has 0 saturated carbocycles. The number of aryl methyl sites for hydroxylation is 1. The number of nitrogens with one attached hydrogen (secondary N) is 2. The zero-order chi connectivity index (χ0) is 28.4. The van der Waals surface area contributed by atoms with E-state index in [1.54, 1.807) is 26.4 Å². The number of piperidine rings is 1. The SMILES string of the molecule is CN/C(=C\N=N)C(O)(c1ccc2nc(OC)c(CN3CCC(n4cccn4)CC3)c(Cl)c2c1)c1cnc(C)n1C. The number of hydrogen-bond donors (Lipinski definition) is 3. The first-order valence-electron chi connectivity index (χ1n) is 13.2. The molecule has 1 aromatic carbocycles. The molecule has 0 amide bonds. The van der Waals surface area contributed by atoms with Crippen LogP contribution >= 0.6 is 11.6 Å². The van der Waals surface area contributed by atoms with E-state index >= 15 is 0 Å². The summed E-state index contributed by atoms with van der Waals surface area (Å²) in [6.07, 6.45) is 8.74. The van der Waals surface area contributed by atoms with Gasteiger partial charge in [0.25, 0.3) is 0 Å². The van der Waals surface area contributed by atoms with Crippen LogP contribution in [0.1, 0.15) is 41.5 Å². The van der Waals surface area contributed by atoms with Crippen LogP contribution in [0.4, 0.5) is 0 Å². The van der Waals surface area contributed by atoms with E-state index in [0.717, 1.165) is 37.3 Å². The molecule has 4 heterocycles. The normalized spacial score (nSPS) is 16.7. The zero-order valence-electron chi connectivity index (χ0n) is 23.1. The van der Waals surface area contributed by atoms with Crippen molar-refractivity contribution in [2.24, 2.45) is 12.2 Å². The van der Waals surface area contributed by atoms with E-state index < -0.39 is 5.60 Å². The largest absolute Gasteiger partial charge is 0.481 e. The molecule has 0 spiro atoms. The molecule has 0 aliphatic carbocycles. The highest BCUT2D eigenvalue weighted by molar-refractivity contribution is 6.36. The maximum absolute atomic E-state index is 12.3. The lowest BCUT2D eigenvalue weighted by Gasteiger charge is -2.33. The summed E-state index contributed by atoms with van der Waals surface area (Å²) >= 11 is 7.09. The van der Waals surface area contributed by atoms with Crippen LogP contribution in [0.15, 0.2) is 59.9 Å². The van der Waals surface area contributed by atoms with Crippen LogP contribution in [0.25, 0.3) is 10.9 Å². The van der Waals surface area contributed by atoms with Crippen LogP contribution in [-0.4, -0.2) is 61.6 Å². The number of likely N-dealkylation sites (N-methyl/N-ethyl adjacent to an activating group) is 1. The van der Waals surface area contributed by atoms with E-state index in [4.69, 9.17) is 26.9 Å². The summed E-state index contributed by atoms with van der Waals surface area (Å²) in [5.74, 6) is 1.22. The Labute approximate surface area is 237 Å². The van der Waals surface area contributed by atoms with E-state index in [9.17, 15) is 5.11 Å². The Balaban J connectivity index is 1.55.